The molecule has 1 fully saturated rings. The van der Waals surface area contributed by atoms with Crippen LogP contribution in [0.5, 0.6) is 5.75 Å². The van der Waals surface area contributed by atoms with E-state index in [0.717, 1.165) is 23.3 Å². The van der Waals surface area contributed by atoms with Gasteiger partial charge >= 0.3 is 0 Å². The van der Waals surface area contributed by atoms with Crippen LogP contribution in [0.15, 0.2) is 78.9 Å². The number of benzene rings is 3. The average Bonchev–Trinajstić information content (AvgIpc) is 3.60. The summed E-state index contributed by atoms with van der Waals surface area (Å²) in [6.07, 6.45) is -1.48. The van der Waals surface area contributed by atoms with Crippen molar-refractivity contribution in [3.8, 4) is 5.75 Å². The SMILES string of the molecule is CO[C@H](C[C@H](O)[C@H](COc1cc(F)cc(F)c1)NC(=O)[C@H]1C[C@@H](NS(C)=O)C[C@@H]1C(=O)N[C@H](C)c1ccccc1)C(=O)N[C@H](C(=O)NCc1ccccc1)C(C)C. The maximum absolute atomic E-state index is 14.1. The van der Waals surface area contributed by atoms with Crippen LogP contribution in [0.2, 0.25) is 0 Å². The number of rotatable bonds is 20. The van der Waals surface area contributed by atoms with Gasteiger partial charge in [0.05, 0.1) is 41.0 Å². The lowest BCUT2D eigenvalue weighted by Gasteiger charge is -2.30. The molecule has 1 aliphatic carbocycles. The second-order valence-electron chi connectivity index (χ2n) is 14.6. The number of aliphatic hydroxyl groups excluding tert-OH is 1. The molecule has 3 aromatic carbocycles. The number of carbonyl (C=O) groups is 4. The predicted octanol–water partition coefficient (Wildman–Crippen LogP) is 3.21. The van der Waals surface area contributed by atoms with E-state index in [9.17, 15) is 37.3 Å². The van der Waals surface area contributed by atoms with Crippen LogP contribution in [0.1, 0.15) is 57.2 Å². The van der Waals surface area contributed by atoms with Gasteiger partial charge in [-0.25, -0.2) is 17.7 Å². The van der Waals surface area contributed by atoms with Gasteiger partial charge < -0.3 is 35.8 Å². The Morgan fingerprint density at radius 2 is 1.42 bits per heavy atom. The first kappa shape index (κ1) is 44.9. The Hall–Kier alpha value is -4.77. The Kier molecular flexibility index (Phi) is 17.1. The molecule has 4 amide bonds. The molecule has 0 saturated heterocycles. The normalized spacial score (nSPS) is 19.7. The van der Waals surface area contributed by atoms with Crippen LogP contribution in [0.25, 0.3) is 0 Å². The number of nitrogens with one attached hydrogen (secondary N) is 5. The van der Waals surface area contributed by atoms with Gasteiger partial charge in [0.2, 0.25) is 23.6 Å². The fourth-order valence-corrected chi connectivity index (χ4v) is 7.46. The van der Waals surface area contributed by atoms with Crippen molar-refractivity contribution >= 4 is 34.6 Å². The third-order valence-corrected chi connectivity index (χ3v) is 10.5. The molecule has 9 atom stereocenters. The van der Waals surface area contributed by atoms with Crippen molar-refractivity contribution in [2.24, 2.45) is 17.8 Å². The molecule has 1 aliphatic rings. The standard InChI is InChI=1S/C41H53F2N5O8S/c1-24(2)37(41(53)44-22-26-12-8-6-9-13-26)47-40(52)36(55-4)21-35(49)34(23-56-31-17-28(42)16-29(43)18-31)46-39(51)33-20-30(48-57(5)54)19-32(33)38(50)45-25(3)27-14-10-7-11-15-27/h6-18,24-25,30,32-37,48-49H,19-23H2,1-5H3,(H,44,53)(H,45,50)(H,46,51)(H,47,52)/t25-,30+,32+,33+,34+,35+,36-,37+,57?/m1/s1. The summed E-state index contributed by atoms with van der Waals surface area (Å²) in [4.78, 5) is 54.5. The summed E-state index contributed by atoms with van der Waals surface area (Å²) in [6.45, 7) is 5.08. The van der Waals surface area contributed by atoms with E-state index in [-0.39, 0.29) is 37.1 Å². The van der Waals surface area contributed by atoms with Gasteiger partial charge in [-0.2, -0.15) is 0 Å². The molecule has 0 aromatic heterocycles. The second kappa shape index (κ2) is 21.7. The number of ether oxygens (including phenoxy) is 2. The first-order chi connectivity index (χ1) is 27.1. The summed E-state index contributed by atoms with van der Waals surface area (Å²) < 4.78 is 54.2. The summed E-state index contributed by atoms with van der Waals surface area (Å²) in [5.41, 5.74) is 1.72. The number of hydrogen-bond acceptors (Lipinski definition) is 8. The van der Waals surface area contributed by atoms with Crippen molar-refractivity contribution in [2.45, 2.75) is 83.0 Å². The van der Waals surface area contributed by atoms with E-state index in [1.54, 1.807) is 13.8 Å². The maximum Gasteiger partial charge on any atom is 0.249 e. The molecule has 57 heavy (non-hydrogen) atoms. The van der Waals surface area contributed by atoms with Gasteiger partial charge in [-0.3, -0.25) is 19.2 Å². The van der Waals surface area contributed by atoms with Crippen LogP contribution in [-0.4, -0.2) is 83.3 Å². The van der Waals surface area contributed by atoms with Crippen LogP contribution in [0.4, 0.5) is 8.78 Å². The molecule has 6 N–H and O–H groups in total. The second-order valence-corrected chi connectivity index (χ2v) is 15.7. The van der Waals surface area contributed by atoms with E-state index < -0.39 is 101 Å². The highest BCUT2D eigenvalue weighted by Gasteiger charge is 2.44. The number of methoxy groups -OCH3 is 1. The molecule has 0 bridgehead atoms. The summed E-state index contributed by atoms with van der Waals surface area (Å²) in [5.74, 6) is -6.33. The van der Waals surface area contributed by atoms with Crippen molar-refractivity contribution in [2.75, 3.05) is 20.0 Å². The predicted molar refractivity (Wildman–Crippen MR) is 210 cm³/mol. The lowest BCUT2D eigenvalue weighted by atomic mass is 9.92. The van der Waals surface area contributed by atoms with Crippen LogP contribution < -0.4 is 30.7 Å². The Labute approximate surface area is 334 Å². The van der Waals surface area contributed by atoms with Crippen LogP contribution in [-0.2, 0) is 41.4 Å². The van der Waals surface area contributed by atoms with E-state index in [1.165, 1.54) is 13.4 Å². The fourth-order valence-electron chi connectivity index (χ4n) is 6.80. The van der Waals surface area contributed by atoms with E-state index in [4.69, 9.17) is 9.47 Å². The lowest BCUT2D eigenvalue weighted by Crippen LogP contribution is -2.54. The highest BCUT2D eigenvalue weighted by atomic mass is 32.2. The van der Waals surface area contributed by atoms with Gasteiger partial charge in [-0.1, -0.05) is 74.5 Å². The van der Waals surface area contributed by atoms with E-state index in [0.29, 0.717) is 6.07 Å². The number of halogens is 2. The minimum atomic E-state index is -1.55. The number of aliphatic hydroxyl groups is 1. The number of hydrogen-bond donors (Lipinski definition) is 6. The smallest absolute Gasteiger partial charge is 0.249 e. The molecule has 0 spiro atoms. The van der Waals surface area contributed by atoms with Gasteiger partial charge in [0, 0.05) is 50.6 Å². The topological polar surface area (TPSA) is 184 Å². The molecule has 16 heteroatoms. The Bertz CT molecular complexity index is 1800. The summed E-state index contributed by atoms with van der Waals surface area (Å²) in [5, 5.41) is 22.8. The molecule has 1 saturated carbocycles. The third kappa shape index (κ3) is 13.7. The molecule has 3 aromatic rings. The highest BCUT2D eigenvalue weighted by molar-refractivity contribution is 7.82. The van der Waals surface area contributed by atoms with E-state index >= 15 is 0 Å². The Morgan fingerprint density at radius 3 is 1.98 bits per heavy atom. The Balaban J connectivity index is 1.51. The molecule has 310 valence electrons. The largest absolute Gasteiger partial charge is 0.491 e. The quantitative estimate of drug-likeness (QED) is 0.101. The lowest BCUT2D eigenvalue weighted by molar-refractivity contribution is -0.138. The van der Waals surface area contributed by atoms with Crippen molar-refractivity contribution < 1.29 is 46.7 Å². The molecule has 13 nitrogen and oxygen atoms in total. The van der Waals surface area contributed by atoms with Crippen LogP contribution >= 0.6 is 0 Å². The zero-order valence-corrected chi connectivity index (χ0v) is 33.5. The first-order valence-corrected chi connectivity index (χ1v) is 20.4. The molecule has 4 rings (SSSR count). The van der Waals surface area contributed by atoms with Crippen molar-refractivity contribution in [1.29, 1.82) is 0 Å². The molecule has 0 heterocycles. The van der Waals surface area contributed by atoms with Crippen molar-refractivity contribution in [3.05, 3.63) is 102 Å². The number of carbonyl (C=O) groups excluding carboxylic acids is 4. The van der Waals surface area contributed by atoms with Gasteiger partial charge in [0.15, 0.2) is 0 Å². The van der Waals surface area contributed by atoms with Gasteiger partial charge in [-0.05, 0) is 36.8 Å². The van der Waals surface area contributed by atoms with Crippen molar-refractivity contribution in [3.63, 3.8) is 0 Å². The van der Waals surface area contributed by atoms with E-state index in [2.05, 4.69) is 26.0 Å². The van der Waals surface area contributed by atoms with Crippen molar-refractivity contribution in [1.82, 2.24) is 26.0 Å². The van der Waals surface area contributed by atoms with Crippen LogP contribution in [0, 0.1) is 29.4 Å². The van der Waals surface area contributed by atoms with Gasteiger partial charge in [0.1, 0.15) is 36.1 Å². The molecule has 0 radical (unpaired) electrons. The minimum Gasteiger partial charge on any atom is -0.491 e. The summed E-state index contributed by atoms with van der Waals surface area (Å²) in [6, 6.07) is 18.0. The molecular formula is C41H53F2N5O8S. The van der Waals surface area contributed by atoms with Gasteiger partial charge in [-0.15, -0.1) is 0 Å². The van der Waals surface area contributed by atoms with Gasteiger partial charge in [0.25, 0.3) is 0 Å². The average molecular weight is 814 g/mol. The third-order valence-electron chi connectivity index (χ3n) is 9.87. The molecule has 0 aliphatic heterocycles. The monoisotopic (exact) mass is 813 g/mol. The number of amides is 4. The fraction of sp³-hybridized carbons (Fsp3) is 0.463. The van der Waals surface area contributed by atoms with Crippen LogP contribution in [0.3, 0.4) is 0 Å². The first-order valence-electron chi connectivity index (χ1n) is 18.8. The highest BCUT2D eigenvalue weighted by Crippen LogP contribution is 2.34. The summed E-state index contributed by atoms with van der Waals surface area (Å²) in [7, 11) is -0.194. The zero-order chi connectivity index (χ0) is 41.6. The maximum atomic E-state index is 14.1. The zero-order valence-electron chi connectivity index (χ0n) is 32.7. The molecule has 1 unspecified atom stereocenters. The van der Waals surface area contributed by atoms with E-state index in [1.807, 2.05) is 67.6 Å². The molecular weight excluding hydrogens is 761 g/mol. The Morgan fingerprint density at radius 1 is 0.842 bits per heavy atom. The minimum absolute atomic E-state index is 0.133. The summed E-state index contributed by atoms with van der Waals surface area (Å²) >= 11 is 0.